The van der Waals surface area contributed by atoms with Crippen molar-refractivity contribution >= 4 is 5.97 Å². The quantitative estimate of drug-likeness (QED) is 0.486. The molecule has 0 saturated heterocycles. The summed E-state index contributed by atoms with van der Waals surface area (Å²) in [5, 5.41) is 0. The van der Waals surface area contributed by atoms with Gasteiger partial charge >= 0.3 is 5.97 Å². The molecule has 3 rings (SSSR count). The zero-order valence-electron chi connectivity index (χ0n) is 18.0. The molecule has 0 aromatic heterocycles. The molecule has 1 heterocycles. The minimum atomic E-state index is -0.290. The standard InChI is InChI=1S/C25H32O3/c1-7-20-14-19(9-8-18-10-12-21(13-11-18)27-17(2)26)15-22-23(20)28-25(5,6)16-24(22,3)4/h10-15H,7-9,16H2,1-6H3. The SMILES string of the molecule is CCc1cc(CCc2ccc(OC(C)=O)cc2)cc2c1OC(C)(C)CC2(C)C. The van der Waals surface area contributed by atoms with Gasteiger partial charge in [-0.25, -0.2) is 0 Å². The first-order valence-corrected chi connectivity index (χ1v) is 10.2. The lowest BCUT2D eigenvalue weighted by molar-refractivity contribution is -0.131. The molecular weight excluding hydrogens is 348 g/mol. The largest absolute Gasteiger partial charge is 0.487 e. The molecule has 28 heavy (non-hydrogen) atoms. The molecule has 0 saturated carbocycles. The van der Waals surface area contributed by atoms with E-state index in [0.717, 1.165) is 31.4 Å². The third-order valence-corrected chi connectivity index (χ3v) is 5.47. The minimum absolute atomic E-state index is 0.0999. The third kappa shape index (κ3) is 4.57. The fourth-order valence-corrected chi connectivity index (χ4v) is 4.44. The number of benzene rings is 2. The number of ether oxygens (including phenoxy) is 2. The van der Waals surface area contributed by atoms with E-state index >= 15 is 0 Å². The van der Waals surface area contributed by atoms with Crippen molar-refractivity contribution in [2.75, 3.05) is 0 Å². The summed E-state index contributed by atoms with van der Waals surface area (Å²) in [5.74, 6) is 1.40. The van der Waals surface area contributed by atoms with Gasteiger partial charge in [0.1, 0.15) is 17.1 Å². The van der Waals surface area contributed by atoms with E-state index in [4.69, 9.17) is 9.47 Å². The molecule has 1 aliphatic heterocycles. The van der Waals surface area contributed by atoms with E-state index in [1.807, 2.05) is 24.3 Å². The zero-order chi connectivity index (χ0) is 20.5. The monoisotopic (exact) mass is 380 g/mol. The molecule has 0 N–H and O–H groups in total. The van der Waals surface area contributed by atoms with E-state index < -0.39 is 0 Å². The van der Waals surface area contributed by atoms with Gasteiger partial charge in [-0.3, -0.25) is 4.79 Å². The van der Waals surface area contributed by atoms with E-state index in [1.165, 1.54) is 29.2 Å². The first kappa shape index (κ1) is 20.4. The van der Waals surface area contributed by atoms with Crippen LogP contribution in [0.2, 0.25) is 0 Å². The van der Waals surface area contributed by atoms with Crippen LogP contribution in [0.1, 0.15) is 70.2 Å². The first-order valence-electron chi connectivity index (χ1n) is 10.2. The van der Waals surface area contributed by atoms with Crippen LogP contribution in [-0.4, -0.2) is 11.6 Å². The zero-order valence-corrected chi connectivity index (χ0v) is 18.0. The van der Waals surface area contributed by atoms with Gasteiger partial charge in [-0.2, -0.15) is 0 Å². The molecule has 3 heteroatoms. The van der Waals surface area contributed by atoms with E-state index in [0.29, 0.717) is 5.75 Å². The van der Waals surface area contributed by atoms with Gasteiger partial charge in [0.05, 0.1) is 0 Å². The first-order chi connectivity index (χ1) is 13.1. The van der Waals surface area contributed by atoms with Crippen molar-refractivity contribution in [2.24, 2.45) is 0 Å². The topological polar surface area (TPSA) is 35.5 Å². The summed E-state index contributed by atoms with van der Waals surface area (Å²) in [5.41, 5.74) is 5.21. The Bertz CT molecular complexity index is 860. The predicted molar refractivity (Wildman–Crippen MR) is 113 cm³/mol. The number of esters is 1. The van der Waals surface area contributed by atoms with E-state index in [2.05, 4.69) is 46.8 Å². The highest BCUT2D eigenvalue weighted by Crippen LogP contribution is 2.47. The smallest absolute Gasteiger partial charge is 0.308 e. The second kappa shape index (κ2) is 7.62. The van der Waals surface area contributed by atoms with Gasteiger partial charge < -0.3 is 9.47 Å². The fraction of sp³-hybridized carbons (Fsp3) is 0.480. The molecule has 2 aromatic carbocycles. The van der Waals surface area contributed by atoms with Gasteiger partial charge in [0, 0.05) is 12.5 Å². The van der Waals surface area contributed by atoms with Crippen LogP contribution in [0.3, 0.4) is 0 Å². The summed E-state index contributed by atoms with van der Waals surface area (Å²) in [6.07, 6.45) is 3.92. The highest BCUT2D eigenvalue weighted by atomic mass is 16.5. The Hall–Kier alpha value is -2.29. The average molecular weight is 381 g/mol. The summed E-state index contributed by atoms with van der Waals surface area (Å²) >= 11 is 0. The lowest BCUT2D eigenvalue weighted by atomic mass is 9.72. The summed E-state index contributed by atoms with van der Waals surface area (Å²) < 4.78 is 11.5. The van der Waals surface area contributed by atoms with Crippen LogP contribution in [0.15, 0.2) is 36.4 Å². The van der Waals surface area contributed by atoms with Crippen LogP contribution in [0.4, 0.5) is 0 Å². The van der Waals surface area contributed by atoms with Crippen LogP contribution < -0.4 is 9.47 Å². The Balaban J connectivity index is 1.81. The summed E-state index contributed by atoms with van der Waals surface area (Å²) in [7, 11) is 0. The number of aryl methyl sites for hydroxylation is 3. The third-order valence-electron chi connectivity index (χ3n) is 5.47. The second-order valence-corrected chi connectivity index (χ2v) is 9.15. The molecule has 0 bridgehead atoms. The van der Waals surface area contributed by atoms with Crippen molar-refractivity contribution in [1.82, 2.24) is 0 Å². The lowest BCUT2D eigenvalue weighted by Gasteiger charge is -2.43. The van der Waals surface area contributed by atoms with Crippen molar-refractivity contribution in [1.29, 1.82) is 0 Å². The molecule has 0 atom stereocenters. The van der Waals surface area contributed by atoms with Gasteiger partial charge in [-0.1, -0.05) is 45.0 Å². The van der Waals surface area contributed by atoms with Crippen molar-refractivity contribution < 1.29 is 14.3 Å². The Labute approximate surface area is 169 Å². The second-order valence-electron chi connectivity index (χ2n) is 9.15. The van der Waals surface area contributed by atoms with Gasteiger partial charge in [0.15, 0.2) is 0 Å². The molecule has 0 unspecified atom stereocenters. The molecule has 0 amide bonds. The molecule has 0 aliphatic carbocycles. The molecule has 0 radical (unpaired) electrons. The van der Waals surface area contributed by atoms with Crippen molar-refractivity contribution in [2.45, 2.75) is 78.2 Å². The molecule has 150 valence electrons. The van der Waals surface area contributed by atoms with Crippen LogP contribution >= 0.6 is 0 Å². The molecule has 0 spiro atoms. The minimum Gasteiger partial charge on any atom is -0.487 e. The lowest BCUT2D eigenvalue weighted by Crippen LogP contribution is -2.41. The highest BCUT2D eigenvalue weighted by Gasteiger charge is 2.40. The number of rotatable bonds is 5. The Morgan fingerprint density at radius 2 is 1.68 bits per heavy atom. The van der Waals surface area contributed by atoms with Gasteiger partial charge in [-0.05, 0) is 73.8 Å². The van der Waals surface area contributed by atoms with E-state index in [-0.39, 0.29) is 17.0 Å². The normalized spacial score (nSPS) is 16.8. The summed E-state index contributed by atoms with van der Waals surface area (Å²) in [6.45, 7) is 12.6. The average Bonchev–Trinajstić information content (AvgIpc) is 2.59. The molecule has 3 nitrogen and oxygen atoms in total. The van der Waals surface area contributed by atoms with Gasteiger partial charge in [-0.15, -0.1) is 0 Å². The summed E-state index contributed by atoms with van der Waals surface area (Å²) in [4.78, 5) is 11.0. The molecule has 1 aliphatic rings. The molecule has 0 fully saturated rings. The van der Waals surface area contributed by atoms with Crippen molar-refractivity contribution in [3.05, 3.63) is 58.7 Å². The number of carbonyl (C=O) groups excluding carboxylic acids is 1. The number of hydrogen-bond donors (Lipinski definition) is 0. The Morgan fingerprint density at radius 1 is 1.04 bits per heavy atom. The van der Waals surface area contributed by atoms with Crippen LogP contribution in [0.5, 0.6) is 11.5 Å². The Morgan fingerprint density at radius 3 is 2.29 bits per heavy atom. The molecule has 2 aromatic rings. The van der Waals surface area contributed by atoms with Gasteiger partial charge in [0.25, 0.3) is 0 Å². The summed E-state index contributed by atoms with van der Waals surface area (Å²) in [6, 6.07) is 12.4. The van der Waals surface area contributed by atoms with Crippen molar-refractivity contribution in [3.8, 4) is 11.5 Å². The highest BCUT2D eigenvalue weighted by molar-refractivity contribution is 5.69. The predicted octanol–water partition coefficient (Wildman–Crippen LogP) is 5.80. The van der Waals surface area contributed by atoms with E-state index in [9.17, 15) is 4.79 Å². The maximum Gasteiger partial charge on any atom is 0.308 e. The van der Waals surface area contributed by atoms with Crippen LogP contribution in [-0.2, 0) is 29.5 Å². The van der Waals surface area contributed by atoms with Gasteiger partial charge in [0.2, 0.25) is 0 Å². The van der Waals surface area contributed by atoms with Crippen molar-refractivity contribution in [3.63, 3.8) is 0 Å². The fourth-order valence-electron chi connectivity index (χ4n) is 4.44. The van der Waals surface area contributed by atoms with E-state index in [1.54, 1.807) is 0 Å². The molecular formula is C25H32O3. The number of hydrogen-bond acceptors (Lipinski definition) is 3. The van der Waals surface area contributed by atoms with Crippen LogP contribution in [0.25, 0.3) is 0 Å². The number of fused-ring (bicyclic) bond motifs is 1. The Kier molecular flexibility index (Phi) is 5.56. The number of carbonyl (C=O) groups is 1. The maximum atomic E-state index is 11.0. The maximum absolute atomic E-state index is 11.0. The van der Waals surface area contributed by atoms with Crippen LogP contribution in [0, 0.1) is 0 Å².